The van der Waals surface area contributed by atoms with Gasteiger partial charge in [0.15, 0.2) is 0 Å². The first-order valence-electron chi connectivity index (χ1n) is 8.14. The number of hydrogen-bond donors (Lipinski definition) is 0. The van der Waals surface area contributed by atoms with Gasteiger partial charge in [0.05, 0.1) is 23.3 Å². The van der Waals surface area contributed by atoms with Crippen LogP contribution in [0.1, 0.15) is 0 Å². The smallest absolute Gasteiger partial charge is 0.207 e. The van der Waals surface area contributed by atoms with Crippen molar-refractivity contribution in [3.63, 3.8) is 0 Å². The minimum absolute atomic E-state index is 0.858. The van der Waals surface area contributed by atoms with Crippen molar-refractivity contribution in [3.8, 4) is 33.8 Å². The summed E-state index contributed by atoms with van der Waals surface area (Å²) in [5.74, 6) is 1.72. The average Bonchev–Trinajstić information content (AvgIpc) is 2.69. The molecule has 0 fully saturated rings. The van der Waals surface area contributed by atoms with Crippen LogP contribution in [0.25, 0.3) is 33.8 Å². The zero-order valence-corrected chi connectivity index (χ0v) is 15.1. The number of halogens is 1. The Morgan fingerprint density at radius 3 is 1.52 bits per heavy atom. The standard InChI is InChI=1S/C23H16BrO/c24-21-13-7-12-19(14-21)20-15-22(17-8-3-1-4-9-17)25-23(16-20)18-10-5-2-6-11-18/h1-16H/q+1. The summed E-state index contributed by atoms with van der Waals surface area (Å²) >= 11 is 3.56. The Kier molecular flexibility index (Phi) is 4.45. The molecule has 4 aromatic rings. The molecule has 0 N–H and O–H groups in total. The van der Waals surface area contributed by atoms with E-state index < -0.39 is 0 Å². The van der Waals surface area contributed by atoms with Crippen molar-refractivity contribution in [1.29, 1.82) is 0 Å². The van der Waals surface area contributed by atoms with Gasteiger partial charge in [-0.15, -0.1) is 0 Å². The molecule has 3 aromatic carbocycles. The molecule has 0 saturated heterocycles. The van der Waals surface area contributed by atoms with E-state index in [1.165, 1.54) is 0 Å². The third kappa shape index (κ3) is 3.54. The molecule has 0 radical (unpaired) electrons. The minimum atomic E-state index is 0.858. The van der Waals surface area contributed by atoms with Gasteiger partial charge in [-0.3, -0.25) is 0 Å². The average molecular weight is 388 g/mol. The molecular formula is C23H16BrO+. The number of benzene rings is 3. The van der Waals surface area contributed by atoms with Crippen molar-refractivity contribution in [3.05, 3.63) is 102 Å². The summed E-state index contributed by atoms with van der Waals surface area (Å²) < 4.78 is 7.29. The first-order chi connectivity index (χ1) is 12.3. The maximum atomic E-state index is 6.23. The van der Waals surface area contributed by atoms with Gasteiger partial charge in [0, 0.05) is 10.0 Å². The second-order valence-electron chi connectivity index (χ2n) is 5.82. The highest BCUT2D eigenvalue weighted by molar-refractivity contribution is 9.10. The van der Waals surface area contributed by atoms with Crippen LogP contribution in [0.2, 0.25) is 0 Å². The first kappa shape index (κ1) is 15.8. The SMILES string of the molecule is Brc1cccc(-c2cc(-c3ccccc3)[o+]c(-c3ccccc3)c2)c1. The lowest BCUT2D eigenvalue weighted by molar-refractivity contribution is 0.582. The van der Waals surface area contributed by atoms with Crippen LogP contribution in [0.3, 0.4) is 0 Å². The zero-order valence-electron chi connectivity index (χ0n) is 13.5. The molecule has 4 rings (SSSR count). The van der Waals surface area contributed by atoms with Gasteiger partial charge in [-0.25, -0.2) is 4.42 Å². The Morgan fingerprint density at radius 2 is 1.00 bits per heavy atom. The van der Waals surface area contributed by atoms with E-state index >= 15 is 0 Å². The van der Waals surface area contributed by atoms with Crippen molar-refractivity contribution in [2.24, 2.45) is 0 Å². The predicted octanol–water partition coefficient (Wildman–Crippen LogP) is 7.32. The third-order valence-electron chi connectivity index (χ3n) is 4.07. The van der Waals surface area contributed by atoms with Crippen molar-refractivity contribution >= 4 is 15.9 Å². The fourth-order valence-electron chi connectivity index (χ4n) is 2.83. The molecule has 1 heterocycles. The van der Waals surface area contributed by atoms with Crippen LogP contribution in [-0.2, 0) is 0 Å². The zero-order chi connectivity index (χ0) is 17.1. The highest BCUT2D eigenvalue weighted by atomic mass is 79.9. The van der Waals surface area contributed by atoms with E-state index in [1.54, 1.807) is 0 Å². The number of hydrogen-bond acceptors (Lipinski definition) is 0. The summed E-state index contributed by atoms with van der Waals surface area (Å²) in [6, 6.07) is 32.9. The number of rotatable bonds is 3. The Morgan fingerprint density at radius 1 is 0.480 bits per heavy atom. The van der Waals surface area contributed by atoms with Crippen LogP contribution in [0.4, 0.5) is 0 Å². The van der Waals surface area contributed by atoms with Crippen LogP contribution in [0.5, 0.6) is 0 Å². The molecule has 0 aliphatic carbocycles. The van der Waals surface area contributed by atoms with Gasteiger partial charge in [0.2, 0.25) is 0 Å². The van der Waals surface area contributed by atoms with Crippen LogP contribution >= 0.6 is 15.9 Å². The van der Waals surface area contributed by atoms with E-state index in [1.807, 2.05) is 48.5 Å². The largest absolute Gasteiger partial charge is 0.361 e. The molecule has 0 unspecified atom stereocenters. The summed E-state index contributed by atoms with van der Waals surface area (Å²) in [6.07, 6.45) is 0. The lowest BCUT2D eigenvalue weighted by Crippen LogP contribution is -1.86. The minimum Gasteiger partial charge on any atom is -0.207 e. The van der Waals surface area contributed by atoms with E-state index in [-0.39, 0.29) is 0 Å². The van der Waals surface area contributed by atoms with Crippen LogP contribution in [0, 0.1) is 0 Å². The molecule has 0 spiro atoms. The van der Waals surface area contributed by atoms with Gasteiger partial charge in [-0.1, -0.05) is 64.5 Å². The quantitative estimate of drug-likeness (QED) is 0.335. The van der Waals surface area contributed by atoms with Gasteiger partial charge < -0.3 is 0 Å². The molecule has 0 aliphatic heterocycles. The van der Waals surface area contributed by atoms with Crippen molar-refractivity contribution in [1.82, 2.24) is 0 Å². The Balaban J connectivity index is 1.92. The molecule has 0 amide bonds. The molecule has 2 heteroatoms. The Hall–Kier alpha value is -2.71. The molecule has 0 aliphatic rings. The summed E-state index contributed by atoms with van der Waals surface area (Å²) in [5, 5.41) is 0. The van der Waals surface area contributed by atoms with E-state index in [9.17, 15) is 0 Å². The lowest BCUT2D eigenvalue weighted by atomic mass is 10.0. The molecule has 1 nitrogen and oxygen atoms in total. The summed E-state index contributed by atoms with van der Waals surface area (Å²) in [6.45, 7) is 0. The maximum absolute atomic E-state index is 6.23. The fraction of sp³-hybridized carbons (Fsp3) is 0. The topological polar surface area (TPSA) is 11.3 Å². The molecule has 1 aromatic heterocycles. The summed E-state index contributed by atoms with van der Waals surface area (Å²) in [4.78, 5) is 0. The highest BCUT2D eigenvalue weighted by Crippen LogP contribution is 2.33. The second-order valence-corrected chi connectivity index (χ2v) is 6.73. The van der Waals surface area contributed by atoms with Crippen LogP contribution in [-0.4, -0.2) is 0 Å². The molecular weight excluding hydrogens is 372 g/mol. The second kappa shape index (κ2) is 7.04. The lowest BCUT2D eigenvalue weighted by Gasteiger charge is -2.03. The normalized spacial score (nSPS) is 10.6. The summed E-state index contributed by atoms with van der Waals surface area (Å²) in [7, 11) is 0. The van der Waals surface area contributed by atoms with E-state index in [4.69, 9.17) is 4.42 Å². The van der Waals surface area contributed by atoms with Gasteiger partial charge in [-0.2, -0.15) is 0 Å². The Bertz CT molecular complexity index is 937. The summed E-state index contributed by atoms with van der Waals surface area (Å²) in [5.41, 5.74) is 4.41. The molecule has 0 saturated carbocycles. The van der Waals surface area contributed by atoms with E-state index in [2.05, 4.69) is 64.5 Å². The van der Waals surface area contributed by atoms with Crippen molar-refractivity contribution in [2.75, 3.05) is 0 Å². The monoisotopic (exact) mass is 387 g/mol. The molecule has 120 valence electrons. The van der Waals surface area contributed by atoms with Gasteiger partial charge in [-0.05, 0) is 42.0 Å². The van der Waals surface area contributed by atoms with Crippen LogP contribution in [0.15, 0.2) is 106 Å². The van der Waals surface area contributed by atoms with E-state index in [0.717, 1.165) is 38.2 Å². The van der Waals surface area contributed by atoms with Gasteiger partial charge in [0.1, 0.15) is 0 Å². The predicted molar refractivity (Wildman–Crippen MR) is 107 cm³/mol. The third-order valence-corrected chi connectivity index (χ3v) is 4.56. The van der Waals surface area contributed by atoms with Gasteiger partial charge in [0.25, 0.3) is 0 Å². The molecule has 0 bridgehead atoms. The van der Waals surface area contributed by atoms with Crippen LogP contribution < -0.4 is 0 Å². The Labute approximate surface area is 155 Å². The van der Waals surface area contributed by atoms with Gasteiger partial charge >= 0.3 is 11.5 Å². The highest BCUT2D eigenvalue weighted by Gasteiger charge is 2.20. The fourth-order valence-corrected chi connectivity index (χ4v) is 3.22. The molecule has 25 heavy (non-hydrogen) atoms. The van der Waals surface area contributed by atoms with Crippen molar-refractivity contribution < 1.29 is 4.42 Å². The first-order valence-corrected chi connectivity index (χ1v) is 8.94. The van der Waals surface area contributed by atoms with E-state index in [0.29, 0.717) is 0 Å². The molecule has 0 atom stereocenters. The van der Waals surface area contributed by atoms with Crippen molar-refractivity contribution in [2.45, 2.75) is 0 Å². The maximum Gasteiger partial charge on any atom is 0.361 e.